The van der Waals surface area contributed by atoms with Gasteiger partial charge < -0.3 is 4.90 Å². The van der Waals surface area contributed by atoms with Gasteiger partial charge in [-0.1, -0.05) is 13.8 Å². The van der Waals surface area contributed by atoms with Crippen molar-refractivity contribution < 1.29 is 4.79 Å². The van der Waals surface area contributed by atoms with Gasteiger partial charge in [0, 0.05) is 32.7 Å². The van der Waals surface area contributed by atoms with Gasteiger partial charge in [-0.15, -0.1) is 0 Å². The summed E-state index contributed by atoms with van der Waals surface area (Å²) in [5, 5.41) is -0.316. The Kier molecular flexibility index (Phi) is 4.00. The molecule has 0 aliphatic carbocycles. The number of rotatable bonds is 2. The molecule has 3 nitrogen and oxygen atoms in total. The van der Waals surface area contributed by atoms with E-state index in [-0.39, 0.29) is 5.37 Å². The monoisotopic (exact) mass is 204 g/mol. The first-order valence-electron chi connectivity index (χ1n) is 4.76. The molecular formula is C9H17ClN2O. The fourth-order valence-electron chi connectivity index (χ4n) is 1.62. The summed E-state index contributed by atoms with van der Waals surface area (Å²) < 4.78 is 0. The normalized spacial score (nSPS) is 19.5. The standard InChI is InChI=1S/C9H17ClN2O/c1-8(2)7-11-3-5-12(6-4-11)9(10)13/h8H,3-7H2,1-2H3. The maximum Gasteiger partial charge on any atom is 0.316 e. The molecule has 0 radical (unpaired) electrons. The molecule has 0 aromatic carbocycles. The highest BCUT2D eigenvalue weighted by Crippen LogP contribution is 2.06. The first-order valence-corrected chi connectivity index (χ1v) is 5.14. The summed E-state index contributed by atoms with van der Waals surface area (Å²) in [7, 11) is 0. The van der Waals surface area contributed by atoms with E-state index in [1.807, 2.05) is 0 Å². The zero-order chi connectivity index (χ0) is 9.84. The minimum atomic E-state index is -0.316. The van der Waals surface area contributed by atoms with Crippen LogP contribution in [0.2, 0.25) is 0 Å². The second kappa shape index (κ2) is 4.82. The molecule has 1 amide bonds. The Labute approximate surface area is 84.6 Å². The van der Waals surface area contributed by atoms with Gasteiger partial charge in [0.05, 0.1) is 0 Å². The molecule has 76 valence electrons. The highest BCUT2D eigenvalue weighted by molar-refractivity contribution is 6.62. The minimum Gasteiger partial charge on any atom is -0.327 e. The lowest BCUT2D eigenvalue weighted by Crippen LogP contribution is -2.48. The highest BCUT2D eigenvalue weighted by Gasteiger charge is 2.19. The molecule has 1 fully saturated rings. The number of hydrogen-bond acceptors (Lipinski definition) is 2. The third-order valence-corrected chi connectivity index (χ3v) is 2.48. The number of carbonyl (C=O) groups is 1. The quantitative estimate of drug-likeness (QED) is 0.504. The molecule has 1 aliphatic rings. The predicted molar refractivity (Wildman–Crippen MR) is 54.1 cm³/mol. The molecule has 13 heavy (non-hydrogen) atoms. The Bertz CT molecular complexity index is 176. The second-order valence-electron chi connectivity index (χ2n) is 3.93. The van der Waals surface area contributed by atoms with E-state index in [0.717, 1.165) is 32.7 Å². The van der Waals surface area contributed by atoms with E-state index in [2.05, 4.69) is 18.7 Å². The van der Waals surface area contributed by atoms with E-state index in [9.17, 15) is 4.79 Å². The van der Waals surface area contributed by atoms with Crippen molar-refractivity contribution >= 4 is 17.0 Å². The van der Waals surface area contributed by atoms with Crippen LogP contribution in [-0.4, -0.2) is 47.9 Å². The molecule has 0 unspecified atom stereocenters. The molecule has 0 saturated carbocycles. The molecule has 0 aromatic heterocycles. The Balaban J connectivity index is 2.26. The van der Waals surface area contributed by atoms with Gasteiger partial charge in [-0.3, -0.25) is 9.69 Å². The van der Waals surface area contributed by atoms with E-state index in [1.165, 1.54) is 0 Å². The molecule has 0 spiro atoms. The summed E-state index contributed by atoms with van der Waals surface area (Å²) in [4.78, 5) is 14.9. The van der Waals surface area contributed by atoms with E-state index < -0.39 is 0 Å². The Hall–Kier alpha value is -0.280. The van der Waals surface area contributed by atoms with Crippen molar-refractivity contribution in [2.24, 2.45) is 5.92 Å². The first kappa shape index (κ1) is 10.8. The van der Waals surface area contributed by atoms with E-state index in [0.29, 0.717) is 5.92 Å². The van der Waals surface area contributed by atoms with Crippen LogP contribution in [0.4, 0.5) is 4.79 Å². The summed E-state index contributed by atoms with van der Waals surface area (Å²) in [5.41, 5.74) is 0. The van der Waals surface area contributed by atoms with Gasteiger partial charge in [0.25, 0.3) is 0 Å². The lowest BCUT2D eigenvalue weighted by atomic mass is 10.2. The van der Waals surface area contributed by atoms with Gasteiger partial charge in [-0.2, -0.15) is 0 Å². The summed E-state index contributed by atoms with van der Waals surface area (Å²) >= 11 is 5.38. The average molecular weight is 205 g/mol. The predicted octanol–water partition coefficient (Wildman–Crippen LogP) is 1.62. The lowest BCUT2D eigenvalue weighted by molar-refractivity contribution is 0.143. The van der Waals surface area contributed by atoms with Gasteiger partial charge in [-0.05, 0) is 17.5 Å². The molecular weight excluding hydrogens is 188 g/mol. The first-order chi connectivity index (χ1) is 6.09. The van der Waals surface area contributed by atoms with Crippen molar-refractivity contribution in [3.05, 3.63) is 0 Å². The van der Waals surface area contributed by atoms with Crippen LogP contribution in [-0.2, 0) is 0 Å². The van der Waals surface area contributed by atoms with Crippen LogP contribution in [0.5, 0.6) is 0 Å². The summed E-state index contributed by atoms with van der Waals surface area (Å²) in [6.45, 7) is 8.99. The lowest BCUT2D eigenvalue weighted by Gasteiger charge is -2.34. The smallest absolute Gasteiger partial charge is 0.316 e. The molecule has 0 aromatic rings. The Morgan fingerprint density at radius 2 is 1.85 bits per heavy atom. The third-order valence-electron chi connectivity index (χ3n) is 2.24. The highest BCUT2D eigenvalue weighted by atomic mass is 35.5. The third kappa shape index (κ3) is 3.53. The molecule has 4 heteroatoms. The zero-order valence-corrected chi connectivity index (χ0v) is 9.05. The molecule has 1 heterocycles. The van der Waals surface area contributed by atoms with Crippen molar-refractivity contribution in [3.8, 4) is 0 Å². The summed E-state index contributed by atoms with van der Waals surface area (Å²) in [6.07, 6.45) is 0. The van der Waals surface area contributed by atoms with Crippen LogP contribution in [0, 0.1) is 5.92 Å². The summed E-state index contributed by atoms with van der Waals surface area (Å²) in [6, 6.07) is 0. The van der Waals surface area contributed by atoms with Crippen molar-refractivity contribution in [1.82, 2.24) is 9.80 Å². The number of piperazine rings is 1. The fraction of sp³-hybridized carbons (Fsp3) is 0.889. The molecule has 1 aliphatic heterocycles. The maximum absolute atomic E-state index is 10.8. The SMILES string of the molecule is CC(C)CN1CCN(C(=O)Cl)CC1. The van der Waals surface area contributed by atoms with Crippen LogP contribution < -0.4 is 0 Å². The van der Waals surface area contributed by atoms with Crippen LogP contribution in [0.25, 0.3) is 0 Å². The number of amides is 1. The molecule has 1 saturated heterocycles. The number of carbonyl (C=O) groups excluding carboxylic acids is 1. The summed E-state index contributed by atoms with van der Waals surface area (Å²) in [5.74, 6) is 0.693. The molecule has 0 N–H and O–H groups in total. The van der Waals surface area contributed by atoms with Crippen LogP contribution >= 0.6 is 11.6 Å². The van der Waals surface area contributed by atoms with Crippen LogP contribution in [0.15, 0.2) is 0 Å². The van der Waals surface area contributed by atoms with Gasteiger partial charge in [-0.25, -0.2) is 0 Å². The van der Waals surface area contributed by atoms with Gasteiger partial charge in [0.15, 0.2) is 0 Å². The molecule has 0 atom stereocenters. The van der Waals surface area contributed by atoms with Crippen molar-refractivity contribution in [1.29, 1.82) is 0 Å². The molecule has 0 bridgehead atoms. The van der Waals surface area contributed by atoms with Gasteiger partial charge >= 0.3 is 5.37 Å². The largest absolute Gasteiger partial charge is 0.327 e. The second-order valence-corrected chi connectivity index (χ2v) is 4.26. The van der Waals surface area contributed by atoms with Gasteiger partial charge in [0.2, 0.25) is 0 Å². The number of hydrogen-bond donors (Lipinski definition) is 0. The van der Waals surface area contributed by atoms with E-state index >= 15 is 0 Å². The zero-order valence-electron chi connectivity index (χ0n) is 8.29. The van der Waals surface area contributed by atoms with Crippen molar-refractivity contribution in [3.63, 3.8) is 0 Å². The number of halogens is 1. The Morgan fingerprint density at radius 1 is 1.31 bits per heavy atom. The van der Waals surface area contributed by atoms with Gasteiger partial charge in [0.1, 0.15) is 0 Å². The number of nitrogens with zero attached hydrogens (tertiary/aromatic N) is 2. The van der Waals surface area contributed by atoms with Crippen LogP contribution in [0.3, 0.4) is 0 Å². The van der Waals surface area contributed by atoms with Crippen molar-refractivity contribution in [2.75, 3.05) is 32.7 Å². The Morgan fingerprint density at radius 3 is 2.23 bits per heavy atom. The van der Waals surface area contributed by atoms with Crippen LogP contribution in [0.1, 0.15) is 13.8 Å². The van der Waals surface area contributed by atoms with E-state index in [4.69, 9.17) is 11.6 Å². The fourth-order valence-corrected chi connectivity index (χ4v) is 1.79. The minimum absolute atomic E-state index is 0.316. The molecule has 1 rings (SSSR count). The topological polar surface area (TPSA) is 23.6 Å². The van der Waals surface area contributed by atoms with Crippen molar-refractivity contribution in [2.45, 2.75) is 13.8 Å². The average Bonchev–Trinajstić information content (AvgIpc) is 2.04. The maximum atomic E-state index is 10.8. The van der Waals surface area contributed by atoms with E-state index in [1.54, 1.807) is 4.90 Å².